The van der Waals surface area contributed by atoms with Crippen molar-refractivity contribution >= 4 is 16.8 Å². The van der Waals surface area contributed by atoms with Gasteiger partial charge in [-0.1, -0.05) is 30.3 Å². The predicted octanol–water partition coefficient (Wildman–Crippen LogP) is 3.82. The van der Waals surface area contributed by atoms with E-state index in [4.69, 9.17) is 0 Å². The van der Waals surface area contributed by atoms with E-state index in [1.807, 2.05) is 24.3 Å². The van der Waals surface area contributed by atoms with E-state index in [2.05, 4.69) is 9.88 Å². The number of H-pyrrole nitrogens is 1. The van der Waals surface area contributed by atoms with Crippen molar-refractivity contribution in [3.63, 3.8) is 0 Å². The van der Waals surface area contributed by atoms with E-state index in [0.29, 0.717) is 31.7 Å². The second kappa shape index (κ2) is 9.16. The molecule has 4 rings (SSSR count). The van der Waals surface area contributed by atoms with Gasteiger partial charge in [-0.05, 0) is 41.6 Å². The van der Waals surface area contributed by atoms with Gasteiger partial charge in [-0.3, -0.25) is 14.5 Å². The highest BCUT2D eigenvalue weighted by Gasteiger charge is 2.30. The molecule has 0 unspecified atom stereocenters. The van der Waals surface area contributed by atoms with Crippen molar-refractivity contribution in [3.8, 4) is 0 Å². The Morgan fingerprint density at radius 2 is 1.72 bits per heavy atom. The number of benzene rings is 2. The normalized spacial score (nSPS) is 15.7. The summed E-state index contributed by atoms with van der Waals surface area (Å²) in [4.78, 5) is 31.9. The number of halogens is 3. The van der Waals surface area contributed by atoms with E-state index in [1.54, 1.807) is 11.0 Å². The van der Waals surface area contributed by atoms with Gasteiger partial charge in [0, 0.05) is 43.8 Å². The Labute approximate surface area is 183 Å². The molecule has 1 fully saturated rings. The van der Waals surface area contributed by atoms with Crippen LogP contribution in [0.25, 0.3) is 10.9 Å². The zero-order valence-corrected chi connectivity index (χ0v) is 17.5. The van der Waals surface area contributed by atoms with Gasteiger partial charge in [0.2, 0.25) is 5.91 Å². The van der Waals surface area contributed by atoms with Crippen molar-refractivity contribution < 1.29 is 18.0 Å². The molecule has 1 amide bonds. The highest BCUT2D eigenvalue weighted by molar-refractivity contribution is 5.82. The van der Waals surface area contributed by atoms with Crippen LogP contribution in [0.3, 0.4) is 0 Å². The quantitative estimate of drug-likeness (QED) is 0.667. The van der Waals surface area contributed by atoms with E-state index in [9.17, 15) is 22.8 Å². The Kier molecular flexibility index (Phi) is 6.32. The first kappa shape index (κ1) is 22.1. The third kappa shape index (κ3) is 5.19. The number of carbonyl (C=O) groups excluding carboxylic acids is 1. The van der Waals surface area contributed by atoms with E-state index in [0.717, 1.165) is 41.6 Å². The first-order valence-corrected chi connectivity index (χ1v) is 10.6. The van der Waals surface area contributed by atoms with Crippen molar-refractivity contribution in [2.75, 3.05) is 26.2 Å². The number of nitrogens with one attached hydrogen (secondary N) is 1. The number of para-hydroxylation sites is 1. The summed E-state index contributed by atoms with van der Waals surface area (Å²) in [5.74, 6) is -0.0952. The largest absolute Gasteiger partial charge is 0.416 e. The molecule has 0 aliphatic carbocycles. The Morgan fingerprint density at radius 1 is 0.969 bits per heavy atom. The molecule has 3 aromatic rings. The van der Waals surface area contributed by atoms with E-state index < -0.39 is 11.7 Å². The summed E-state index contributed by atoms with van der Waals surface area (Å²) in [5.41, 5.74) is 1.08. The van der Waals surface area contributed by atoms with Crippen LogP contribution in [0.2, 0.25) is 0 Å². The number of fused-ring (bicyclic) bond motifs is 1. The van der Waals surface area contributed by atoms with Crippen LogP contribution in [0.15, 0.2) is 59.4 Å². The van der Waals surface area contributed by atoms with Crippen LogP contribution in [-0.2, 0) is 23.9 Å². The maximum atomic E-state index is 12.9. The van der Waals surface area contributed by atoms with Crippen molar-refractivity contribution in [1.29, 1.82) is 0 Å². The lowest BCUT2D eigenvalue weighted by atomic mass is 10.1. The molecule has 0 saturated carbocycles. The minimum absolute atomic E-state index is 0.0407. The van der Waals surface area contributed by atoms with Gasteiger partial charge in [-0.15, -0.1) is 0 Å². The molecule has 32 heavy (non-hydrogen) atoms. The Balaban J connectivity index is 1.36. The SMILES string of the molecule is O=C(Cc1cc2ccccc2[nH]c1=O)N1CCCN(Cc2ccc(C(F)(F)F)cc2)CC1. The van der Waals surface area contributed by atoms with E-state index in [1.165, 1.54) is 12.1 Å². The number of pyridine rings is 1. The minimum Gasteiger partial charge on any atom is -0.341 e. The number of nitrogens with zero attached hydrogens (tertiary/aromatic N) is 2. The highest BCUT2D eigenvalue weighted by atomic mass is 19.4. The fourth-order valence-electron chi connectivity index (χ4n) is 4.03. The molecule has 1 aromatic heterocycles. The predicted molar refractivity (Wildman–Crippen MR) is 116 cm³/mol. The number of amides is 1. The van der Waals surface area contributed by atoms with Crippen LogP contribution in [0, 0.1) is 0 Å². The number of hydrogen-bond acceptors (Lipinski definition) is 3. The summed E-state index contributed by atoms with van der Waals surface area (Å²) in [6.07, 6.45) is -3.53. The van der Waals surface area contributed by atoms with Crippen molar-refractivity contribution in [2.45, 2.75) is 25.6 Å². The topological polar surface area (TPSA) is 56.4 Å². The second-order valence-electron chi connectivity index (χ2n) is 8.09. The Morgan fingerprint density at radius 3 is 2.47 bits per heavy atom. The third-order valence-corrected chi connectivity index (χ3v) is 5.80. The lowest BCUT2D eigenvalue weighted by Crippen LogP contribution is -2.37. The molecule has 0 atom stereocenters. The summed E-state index contributed by atoms with van der Waals surface area (Å²) in [7, 11) is 0. The lowest BCUT2D eigenvalue weighted by molar-refractivity contribution is -0.137. The fraction of sp³-hybridized carbons (Fsp3) is 0.333. The van der Waals surface area contributed by atoms with Gasteiger partial charge in [-0.2, -0.15) is 13.2 Å². The fourth-order valence-corrected chi connectivity index (χ4v) is 4.03. The van der Waals surface area contributed by atoms with Gasteiger partial charge >= 0.3 is 6.18 Å². The van der Waals surface area contributed by atoms with Gasteiger partial charge < -0.3 is 9.88 Å². The van der Waals surface area contributed by atoms with Crippen molar-refractivity contribution in [2.24, 2.45) is 0 Å². The maximum absolute atomic E-state index is 12.9. The van der Waals surface area contributed by atoms with E-state index in [-0.39, 0.29) is 17.9 Å². The van der Waals surface area contributed by atoms with Crippen LogP contribution in [-0.4, -0.2) is 46.9 Å². The molecular weight excluding hydrogens is 419 g/mol. The van der Waals surface area contributed by atoms with Gasteiger partial charge in [0.1, 0.15) is 0 Å². The number of rotatable bonds is 4. The van der Waals surface area contributed by atoms with Gasteiger partial charge in [0.05, 0.1) is 12.0 Å². The molecular formula is C24H24F3N3O2. The van der Waals surface area contributed by atoms with Gasteiger partial charge in [-0.25, -0.2) is 0 Å². The summed E-state index contributed by atoms with van der Waals surface area (Å²) in [6, 6.07) is 14.4. The maximum Gasteiger partial charge on any atom is 0.416 e. The first-order valence-electron chi connectivity index (χ1n) is 10.6. The summed E-state index contributed by atoms with van der Waals surface area (Å²) >= 11 is 0. The zero-order valence-electron chi connectivity index (χ0n) is 17.5. The number of aromatic nitrogens is 1. The molecule has 0 spiro atoms. The summed E-state index contributed by atoms with van der Waals surface area (Å²) in [5, 5.41) is 0.883. The molecule has 0 radical (unpaired) electrons. The molecule has 2 heterocycles. The lowest BCUT2D eigenvalue weighted by Gasteiger charge is -2.22. The van der Waals surface area contributed by atoms with Gasteiger partial charge in [0.15, 0.2) is 0 Å². The second-order valence-corrected chi connectivity index (χ2v) is 8.09. The minimum atomic E-state index is -4.34. The molecule has 8 heteroatoms. The van der Waals surface area contributed by atoms with Crippen molar-refractivity contribution in [3.05, 3.63) is 81.6 Å². The van der Waals surface area contributed by atoms with Crippen LogP contribution in [0.4, 0.5) is 13.2 Å². The standard InChI is InChI=1S/C24H24F3N3O2/c25-24(26,27)20-8-6-17(7-9-20)16-29-10-3-11-30(13-12-29)22(31)15-19-14-18-4-1-2-5-21(18)28-23(19)32/h1-2,4-9,14H,3,10-13,15-16H2,(H,28,32). The number of hydrogen-bond donors (Lipinski definition) is 1. The third-order valence-electron chi connectivity index (χ3n) is 5.80. The highest BCUT2D eigenvalue weighted by Crippen LogP contribution is 2.29. The summed E-state index contributed by atoms with van der Waals surface area (Å²) < 4.78 is 38.2. The molecule has 1 saturated heterocycles. The Bertz CT molecular complexity index is 1160. The average Bonchev–Trinajstić information content (AvgIpc) is 3.00. The van der Waals surface area contributed by atoms with Gasteiger partial charge in [0.25, 0.3) is 5.56 Å². The molecule has 168 valence electrons. The van der Waals surface area contributed by atoms with Crippen LogP contribution in [0.1, 0.15) is 23.1 Å². The molecule has 5 nitrogen and oxygen atoms in total. The molecule has 1 aliphatic rings. The van der Waals surface area contributed by atoms with Crippen LogP contribution >= 0.6 is 0 Å². The van der Waals surface area contributed by atoms with Crippen molar-refractivity contribution in [1.82, 2.24) is 14.8 Å². The number of aromatic amines is 1. The van der Waals surface area contributed by atoms with Crippen LogP contribution in [0.5, 0.6) is 0 Å². The van der Waals surface area contributed by atoms with Crippen LogP contribution < -0.4 is 5.56 Å². The number of alkyl halides is 3. The molecule has 0 bridgehead atoms. The summed E-state index contributed by atoms with van der Waals surface area (Å²) in [6.45, 7) is 3.02. The molecule has 2 aromatic carbocycles. The zero-order chi connectivity index (χ0) is 22.7. The monoisotopic (exact) mass is 443 g/mol. The first-order chi connectivity index (χ1) is 15.3. The number of carbonyl (C=O) groups is 1. The van der Waals surface area contributed by atoms with E-state index >= 15 is 0 Å². The average molecular weight is 443 g/mol. The molecule has 1 aliphatic heterocycles. The Hall–Kier alpha value is -3.13. The smallest absolute Gasteiger partial charge is 0.341 e. The molecule has 1 N–H and O–H groups in total.